The maximum absolute atomic E-state index is 13.2. The van der Waals surface area contributed by atoms with Crippen LogP contribution in [0.15, 0.2) is 4.52 Å². The third kappa shape index (κ3) is 5.06. The minimum atomic E-state index is -0.459. The van der Waals surface area contributed by atoms with Crippen molar-refractivity contribution in [2.45, 2.75) is 75.9 Å². The molecular weight excluding hydrogens is 413 g/mol. The number of aromatic nitrogens is 2. The molecule has 3 aliphatic rings. The number of fused-ring (bicyclic) bond motifs is 2. The molecule has 0 aromatic carbocycles. The topological polar surface area (TPSA) is 97.3 Å². The van der Waals surface area contributed by atoms with Gasteiger partial charge in [0.25, 0.3) is 0 Å². The first-order chi connectivity index (χ1) is 13.0. The molecule has 1 amide bonds. The Balaban J connectivity index is 0.00000150. The molecule has 0 saturated heterocycles. The average molecular weight is 448 g/mol. The summed E-state index contributed by atoms with van der Waals surface area (Å²) in [5.74, 6) is 2.51. The van der Waals surface area contributed by atoms with Crippen molar-refractivity contribution in [3.63, 3.8) is 0 Å². The molecular formula is C20H35Cl2N5O2. The lowest BCUT2D eigenvalue weighted by atomic mass is 9.65. The van der Waals surface area contributed by atoms with E-state index in [-0.39, 0.29) is 42.7 Å². The maximum Gasteiger partial charge on any atom is 0.240 e. The van der Waals surface area contributed by atoms with Gasteiger partial charge in [0, 0.05) is 12.0 Å². The van der Waals surface area contributed by atoms with Gasteiger partial charge in [-0.2, -0.15) is 4.98 Å². The lowest BCUT2D eigenvalue weighted by Gasteiger charge is -2.44. The van der Waals surface area contributed by atoms with E-state index in [1.54, 1.807) is 0 Å². The molecule has 0 aliphatic heterocycles. The van der Waals surface area contributed by atoms with Crippen LogP contribution in [0, 0.1) is 17.8 Å². The molecule has 1 aromatic rings. The van der Waals surface area contributed by atoms with E-state index in [1.165, 1.54) is 19.3 Å². The van der Waals surface area contributed by atoms with Crippen molar-refractivity contribution in [2.24, 2.45) is 23.5 Å². The largest absolute Gasteiger partial charge is 0.343 e. The van der Waals surface area contributed by atoms with Gasteiger partial charge in [0.05, 0.1) is 6.54 Å². The number of halogens is 2. The van der Waals surface area contributed by atoms with Crippen molar-refractivity contribution >= 4 is 30.7 Å². The van der Waals surface area contributed by atoms with Crippen molar-refractivity contribution in [3.05, 3.63) is 11.7 Å². The fourth-order valence-corrected chi connectivity index (χ4v) is 5.51. The molecule has 0 spiro atoms. The maximum atomic E-state index is 13.2. The van der Waals surface area contributed by atoms with E-state index in [1.807, 2.05) is 19.0 Å². The minimum absolute atomic E-state index is 0. The Morgan fingerprint density at radius 3 is 2.38 bits per heavy atom. The summed E-state index contributed by atoms with van der Waals surface area (Å²) in [5, 5.41) is 7.61. The number of nitrogens with zero attached hydrogens (tertiary/aromatic N) is 3. The third-order valence-corrected chi connectivity index (χ3v) is 6.95. The Morgan fingerprint density at radius 2 is 1.79 bits per heavy atom. The molecule has 1 heterocycles. The van der Waals surface area contributed by atoms with E-state index in [2.05, 4.69) is 15.5 Å². The molecule has 9 heteroatoms. The number of carbonyl (C=O) groups is 1. The van der Waals surface area contributed by atoms with Crippen LogP contribution in [-0.2, 0) is 16.9 Å². The van der Waals surface area contributed by atoms with Crippen LogP contribution in [0.25, 0.3) is 0 Å². The smallest absolute Gasteiger partial charge is 0.240 e. The monoisotopic (exact) mass is 447 g/mol. The standard InChI is InChI=1S/C20H33N5O2.2ClH/c1-25(2)12-16-22-19(24-27-16)20(8-3-4-9-20)23-18(26)15-10-13-6-5-7-14(11-15)17(13)21;;/h13-15,17H,3-12,21H2,1-2H3,(H,23,26);2*1H. The predicted octanol–water partition coefficient (Wildman–Crippen LogP) is 3.01. The van der Waals surface area contributed by atoms with Crippen molar-refractivity contribution in [3.8, 4) is 0 Å². The number of rotatable bonds is 5. The Kier molecular flexibility index (Phi) is 8.36. The van der Waals surface area contributed by atoms with E-state index in [9.17, 15) is 4.79 Å². The summed E-state index contributed by atoms with van der Waals surface area (Å²) >= 11 is 0. The molecule has 2 unspecified atom stereocenters. The summed E-state index contributed by atoms with van der Waals surface area (Å²) in [5.41, 5.74) is 5.94. The second kappa shape index (κ2) is 9.94. The summed E-state index contributed by atoms with van der Waals surface area (Å²) < 4.78 is 5.44. The first-order valence-corrected chi connectivity index (χ1v) is 10.5. The summed E-state index contributed by atoms with van der Waals surface area (Å²) in [6.45, 7) is 0.612. The predicted molar refractivity (Wildman–Crippen MR) is 116 cm³/mol. The average Bonchev–Trinajstić information content (AvgIpc) is 3.24. The van der Waals surface area contributed by atoms with E-state index in [4.69, 9.17) is 10.3 Å². The van der Waals surface area contributed by atoms with Gasteiger partial charge in [-0.1, -0.05) is 24.4 Å². The van der Waals surface area contributed by atoms with Gasteiger partial charge in [-0.3, -0.25) is 4.79 Å². The number of hydrogen-bond donors (Lipinski definition) is 2. The van der Waals surface area contributed by atoms with Gasteiger partial charge in [0.15, 0.2) is 5.82 Å². The van der Waals surface area contributed by atoms with E-state index in [0.717, 1.165) is 38.5 Å². The first kappa shape index (κ1) is 24.4. The molecule has 1 aromatic heterocycles. The molecule has 3 N–H and O–H groups in total. The van der Waals surface area contributed by atoms with E-state index < -0.39 is 5.54 Å². The van der Waals surface area contributed by atoms with Gasteiger partial charge >= 0.3 is 0 Å². The van der Waals surface area contributed by atoms with Crippen molar-refractivity contribution in [2.75, 3.05) is 14.1 Å². The van der Waals surface area contributed by atoms with Gasteiger partial charge in [-0.25, -0.2) is 0 Å². The summed E-state index contributed by atoms with van der Waals surface area (Å²) in [6, 6.07) is 0.286. The molecule has 166 valence electrons. The second-order valence-corrected chi connectivity index (χ2v) is 9.22. The molecule has 3 fully saturated rings. The number of nitrogens with one attached hydrogen (secondary N) is 1. The summed E-state index contributed by atoms with van der Waals surface area (Å²) in [6.07, 6.45) is 9.40. The van der Waals surface area contributed by atoms with Crippen LogP contribution in [-0.4, -0.2) is 41.1 Å². The highest BCUT2D eigenvalue weighted by atomic mass is 35.5. The zero-order chi connectivity index (χ0) is 19.0. The Hall–Kier alpha value is -0.890. The minimum Gasteiger partial charge on any atom is -0.343 e. The Labute approximate surface area is 185 Å². The number of hydrogen-bond acceptors (Lipinski definition) is 6. The van der Waals surface area contributed by atoms with Gasteiger partial charge in [-0.05, 0) is 64.5 Å². The fraction of sp³-hybridized carbons (Fsp3) is 0.850. The fourth-order valence-electron chi connectivity index (χ4n) is 5.51. The number of amides is 1. The molecule has 2 bridgehead atoms. The highest BCUT2D eigenvalue weighted by molar-refractivity contribution is 5.85. The molecule has 29 heavy (non-hydrogen) atoms. The van der Waals surface area contributed by atoms with Crippen molar-refractivity contribution in [1.29, 1.82) is 0 Å². The Morgan fingerprint density at radius 1 is 1.17 bits per heavy atom. The zero-order valence-electron chi connectivity index (χ0n) is 17.4. The zero-order valence-corrected chi connectivity index (χ0v) is 19.1. The van der Waals surface area contributed by atoms with Gasteiger partial charge in [0.2, 0.25) is 11.8 Å². The van der Waals surface area contributed by atoms with Crippen LogP contribution >= 0.6 is 24.8 Å². The molecule has 3 aliphatic carbocycles. The van der Waals surface area contributed by atoms with Gasteiger partial charge < -0.3 is 20.5 Å². The van der Waals surface area contributed by atoms with E-state index in [0.29, 0.717) is 30.1 Å². The van der Waals surface area contributed by atoms with Crippen molar-refractivity contribution < 1.29 is 9.32 Å². The van der Waals surface area contributed by atoms with Gasteiger partial charge in [-0.15, -0.1) is 24.8 Å². The second-order valence-electron chi connectivity index (χ2n) is 9.22. The summed E-state index contributed by atoms with van der Waals surface area (Å²) in [7, 11) is 3.95. The van der Waals surface area contributed by atoms with Crippen LogP contribution in [0.2, 0.25) is 0 Å². The normalized spacial score (nSPS) is 30.3. The van der Waals surface area contributed by atoms with Crippen LogP contribution in [0.1, 0.15) is 69.5 Å². The SMILES string of the molecule is CN(C)Cc1nc(C2(NC(=O)C3CC4CCCC(C3)C4N)CCCC2)no1.Cl.Cl. The summed E-state index contributed by atoms with van der Waals surface area (Å²) in [4.78, 5) is 19.8. The van der Waals surface area contributed by atoms with Gasteiger partial charge in [0.1, 0.15) is 5.54 Å². The van der Waals surface area contributed by atoms with Crippen molar-refractivity contribution in [1.82, 2.24) is 20.4 Å². The molecule has 3 saturated carbocycles. The van der Waals surface area contributed by atoms with Crippen LogP contribution in [0.4, 0.5) is 0 Å². The quantitative estimate of drug-likeness (QED) is 0.719. The molecule has 0 radical (unpaired) electrons. The number of carbonyl (C=O) groups excluding carboxylic acids is 1. The molecule has 2 atom stereocenters. The molecule has 4 rings (SSSR count). The Bertz CT molecular complexity index is 664. The lowest BCUT2D eigenvalue weighted by Crippen LogP contribution is -2.52. The highest BCUT2D eigenvalue weighted by Crippen LogP contribution is 2.43. The highest BCUT2D eigenvalue weighted by Gasteiger charge is 2.45. The molecule has 7 nitrogen and oxygen atoms in total. The number of nitrogens with two attached hydrogens (primary N) is 1. The first-order valence-electron chi connectivity index (χ1n) is 10.5. The van der Waals surface area contributed by atoms with Crippen LogP contribution in [0.5, 0.6) is 0 Å². The lowest BCUT2D eigenvalue weighted by molar-refractivity contribution is -0.130. The van der Waals surface area contributed by atoms with Crippen LogP contribution in [0.3, 0.4) is 0 Å². The van der Waals surface area contributed by atoms with E-state index >= 15 is 0 Å². The third-order valence-electron chi connectivity index (χ3n) is 6.95. The van der Waals surface area contributed by atoms with Crippen LogP contribution < -0.4 is 11.1 Å².